The van der Waals surface area contributed by atoms with E-state index in [1.54, 1.807) is 0 Å². The lowest BCUT2D eigenvalue weighted by molar-refractivity contribution is 0.220. The summed E-state index contributed by atoms with van der Waals surface area (Å²) in [6.45, 7) is 6.01. The molecule has 2 aliphatic rings. The largest absolute Gasteiger partial charge is 0.314 e. The van der Waals surface area contributed by atoms with Gasteiger partial charge in [0.2, 0.25) is 0 Å². The Morgan fingerprint density at radius 3 is 2.85 bits per heavy atom. The number of benzene rings is 1. The smallest absolute Gasteiger partial charge is 0.0408 e. The van der Waals surface area contributed by atoms with E-state index in [1.165, 1.54) is 50.9 Å². The zero-order valence-corrected chi connectivity index (χ0v) is 12.9. The van der Waals surface area contributed by atoms with E-state index in [9.17, 15) is 0 Å². The van der Waals surface area contributed by atoms with Crippen molar-refractivity contribution in [2.45, 2.75) is 31.6 Å². The minimum Gasteiger partial charge on any atom is -0.314 e. The first-order valence-corrected chi connectivity index (χ1v) is 8.39. The third-order valence-electron chi connectivity index (χ3n) is 4.96. The van der Waals surface area contributed by atoms with Crippen molar-refractivity contribution < 1.29 is 0 Å². The number of nitrogens with one attached hydrogen (secondary N) is 1. The average Bonchev–Trinajstić information content (AvgIpc) is 2.95. The van der Waals surface area contributed by atoms with Gasteiger partial charge in [0.05, 0.1) is 0 Å². The van der Waals surface area contributed by atoms with Crippen molar-refractivity contribution in [1.82, 2.24) is 10.2 Å². The first-order chi connectivity index (χ1) is 9.83. The number of rotatable bonds is 4. The first-order valence-electron chi connectivity index (χ1n) is 8.01. The molecule has 0 spiro atoms. The van der Waals surface area contributed by atoms with Crippen molar-refractivity contribution in [1.29, 1.82) is 0 Å². The fraction of sp³-hybridized carbons (Fsp3) is 0.647. The zero-order valence-electron chi connectivity index (χ0n) is 12.2. The molecule has 110 valence electrons. The van der Waals surface area contributed by atoms with Crippen LogP contribution in [0.25, 0.3) is 0 Å². The van der Waals surface area contributed by atoms with Crippen molar-refractivity contribution in [3.05, 3.63) is 34.9 Å². The fourth-order valence-corrected chi connectivity index (χ4v) is 4.04. The van der Waals surface area contributed by atoms with Crippen LogP contribution in [-0.4, -0.2) is 37.6 Å². The van der Waals surface area contributed by atoms with Crippen molar-refractivity contribution in [3.8, 4) is 0 Å². The van der Waals surface area contributed by atoms with Gasteiger partial charge in [0.25, 0.3) is 0 Å². The highest BCUT2D eigenvalue weighted by Gasteiger charge is 2.28. The number of hydrogen-bond acceptors (Lipinski definition) is 2. The molecule has 2 fully saturated rings. The highest BCUT2D eigenvalue weighted by atomic mass is 35.5. The van der Waals surface area contributed by atoms with Gasteiger partial charge in [-0.2, -0.15) is 0 Å². The third-order valence-corrected chi connectivity index (χ3v) is 5.20. The van der Waals surface area contributed by atoms with E-state index in [1.807, 2.05) is 6.07 Å². The number of nitrogens with zero attached hydrogens (tertiary/aromatic N) is 1. The number of halogens is 1. The van der Waals surface area contributed by atoms with Crippen LogP contribution in [-0.2, 0) is 0 Å². The van der Waals surface area contributed by atoms with Crippen LogP contribution >= 0.6 is 11.6 Å². The van der Waals surface area contributed by atoms with E-state index in [4.69, 9.17) is 11.6 Å². The second-order valence-electron chi connectivity index (χ2n) is 6.23. The van der Waals surface area contributed by atoms with Gasteiger partial charge in [0.15, 0.2) is 0 Å². The molecule has 1 heterocycles. The molecule has 2 nitrogen and oxygen atoms in total. The number of hydrogen-bond donors (Lipinski definition) is 1. The molecular formula is C17H25ClN2. The molecule has 1 aromatic rings. The number of piperazine rings is 1. The predicted molar refractivity (Wildman–Crippen MR) is 85.5 cm³/mol. The average molecular weight is 293 g/mol. The molecule has 2 atom stereocenters. The Morgan fingerprint density at radius 2 is 2.05 bits per heavy atom. The summed E-state index contributed by atoms with van der Waals surface area (Å²) in [6.07, 6.45) is 5.45. The van der Waals surface area contributed by atoms with Gasteiger partial charge in [-0.05, 0) is 55.3 Å². The third kappa shape index (κ3) is 3.55. The molecule has 0 radical (unpaired) electrons. The zero-order chi connectivity index (χ0) is 13.8. The minimum atomic E-state index is 0.733. The Labute approximate surface area is 127 Å². The SMILES string of the molecule is Clc1cccc(C2CCCC2CCN2CCNCC2)c1. The Kier molecular flexibility index (Phi) is 4.98. The fourth-order valence-electron chi connectivity index (χ4n) is 3.84. The van der Waals surface area contributed by atoms with Crippen molar-refractivity contribution in [2.75, 3.05) is 32.7 Å². The summed E-state index contributed by atoms with van der Waals surface area (Å²) in [5.74, 6) is 1.58. The molecule has 1 saturated carbocycles. The van der Waals surface area contributed by atoms with Gasteiger partial charge in [-0.15, -0.1) is 0 Å². The van der Waals surface area contributed by atoms with Gasteiger partial charge in [0, 0.05) is 31.2 Å². The van der Waals surface area contributed by atoms with E-state index in [0.29, 0.717) is 0 Å². The normalized spacial score (nSPS) is 27.9. The molecule has 0 aromatic heterocycles. The van der Waals surface area contributed by atoms with Crippen LogP contribution in [0.5, 0.6) is 0 Å². The summed E-state index contributed by atoms with van der Waals surface area (Å²) in [4.78, 5) is 2.61. The highest BCUT2D eigenvalue weighted by molar-refractivity contribution is 6.30. The lowest BCUT2D eigenvalue weighted by Crippen LogP contribution is -2.44. The van der Waals surface area contributed by atoms with Gasteiger partial charge < -0.3 is 10.2 Å². The second kappa shape index (κ2) is 6.93. The Morgan fingerprint density at radius 1 is 1.20 bits per heavy atom. The second-order valence-corrected chi connectivity index (χ2v) is 6.67. The predicted octanol–water partition coefficient (Wildman–Crippen LogP) is 3.52. The molecule has 1 aliphatic carbocycles. The molecular weight excluding hydrogens is 268 g/mol. The Balaban J connectivity index is 1.58. The summed E-state index contributed by atoms with van der Waals surface area (Å²) in [6, 6.07) is 8.52. The lowest BCUT2D eigenvalue weighted by atomic mass is 9.86. The maximum atomic E-state index is 6.15. The topological polar surface area (TPSA) is 15.3 Å². The van der Waals surface area contributed by atoms with Crippen LogP contribution < -0.4 is 5.32 Å². The molecule has 1 aliphatic heterocycles. The van der Waals surface area contributed by atoms with Crippen LogP contribution in [0.4, 0.5) is 0 Å². The highest BCUT2D eigenvalue weighted by Crippen LogP contribution is 2.42. The Bertz CT molecular complexity index is 429. The summed E-state index contributed by atoms with van der Waals surface area (Å²) in [5, 5.41) is 4.31. The molecule has 3 rings (SSSR count). The van der Waals surface area contributed by atoms with E-state index < -0.39 is 0 Å². The monoisotopic (exact) mass is 292 g/mol. The van der Waals surface area contributed by atoms with Crippen molar-refractivity contribution >= 4 is 11.6 Å². The molecule has 20 heavy (non-hydrogen) atoms. The van der Waals surface area contributed by atoms with Crippen LogP contribution in [0.3, 0.4) is 0 Å². The van der Waals surface area contributed by atoms with E-state index in [0.717, 1.165) is 29.9 Å². The standard InChI is InChI=1S/C17H25ClN2/c18-16-5-1-4-15(13-16)17-6-2-3-14(17)7-10-20-11-8-19-9-12-20/h1,4-5,13-14,17,19H,2-3,6-12H2. The molecule has 2 unspecified atom stereocenters. The maximum absolute atomic E-state index is 6.15. The van der Waals surface area contributed by atoms with Crippen LogP contribution in [0.2, 0.25) is 5.02 Å². The van der Waals surface area contributed by atoms with E-state index in [2.05, 4.69) is 28.4 Å². The van der Waals surface area contributed by atoms with Crippen LogP contribution in [0.15, 0.2) is 24.3 Å². The van der Waals surface area contributed by atoms with Gasteiger partial charge in [0.1, 0.15) is 0 Å². The summed E-state index contributed by atoms with van der Waals surface area (Å²) in [5.41, 5.74) is 1.46. The van der Waals surface area contributed by atoms with Gasteiger partial charge in [-0.25, -0.2) is 0 Å². The van der Waals surface area contributed by atoms with Gasteiger partial charge in [-0.3, -0.25) is 0 Å². The van der Waals surface area contributed by atoms with Crippen molar-refractivity contribution in [3.63, 3.8) is 0 Å². The molecule has 1 N–H and O–H groups in total. The molecule has 0 bridgehead atoms. The molecule has 0 amide bonds. The van der Waals surface area contributed by atoms with Crippen molar-refractivity contribution in [2.24, 2.45) is 5.92 Å². The van der Waals surface area contributed by atoms with Crippen LogP contribution in [0, 0.1) is 5.92 Å². The van der Waals surface area contributed by atoms with E-state index >= 15 is 0 Å². The first kappa shape index (κ1) is 14.4. The summed E-state index contributed by atoms with van der Waals surface area (Å²) < 4.78 is 0. The summed E-state index contributed by atoms with van der Waals surface area (Å²) >= 11 is 6.15. The van der Waals surface area contributed by atoms with Crippen LogP contribution in [0.1, 0.15) is 37.2 Å². The quantitative estimate of drug-likeness (QED) is 0.913. The molecule has 1 aromatic carbocycles. The lowest BCUT2D eigenvalue weighted by Gasteiger charge is -2.29. The Hall–Kier alpha value is -0.570. The van der Waals surface area contributed by atoms with Gasteiger partial charge >= 0.3 is 0 Å². The maximum Gasteiger partial charge on any atom is 0.0408 e. The minimum absolute atomic E-state index is 0.733. The summed E-state index contributed by atoms with van der Waals surface area (Å²) in [7, 11) is 0. The molecule has 1 saturated heterocycles. The van der Waals surface area contributed by atoms with Gasteiger partial charge in [-0.1, -0.05) is 30.2 Å². The molecule has 3 heteroatoms. The van der Waals surface area contributed by atoms with E-state index in [-0.39, 0.29) is 0 Å².